The summed E-state index contributed by atoms with van der Waals surface area (Å²) in [6.07, 6.45) is 0.522. The number of halogens is 1. The minimum absolute atomic E-state index is 0.0533. The van der Waals surface area contributed by atoms with Crippen LogP contribution in [0.2, 0.25) is 5.02 Å². The Morgan fingerprint density at radius 3 is 2.24 bits per heavy atom. The molecule has 3 heterocycles. The summed E-state index contributed by atoms with van der Waals surface area (Å²) < 4.78 is 0.888. The van der Waals surface area contributed by atoms with Crippen molar-refractivity contribution in [2.24, 2.45) is 0 Å². The Labute approximate surface area is 213 Å². The van der Waals surface area contributed by atoms with E-state index in [2.05, 4.69) is 43.0 Å². The van der Waals surface area contributed by atoms with Gasteiger partial charge in [0.05, 0.1) is 9.09 Å². The molecule has 3 aromatic rings. The fourth-order valence-corrected chi connectivity index (χ4v) is 7.59. The Morgan fingerprint density at radius 1 is 0.971 bits per heavy atom. The van der Waals surface area contributed by atoms with Crippen molar-refractivity contribution < 1.29 is 9.59 Å². The van der Waals surface area contributed by atoms with Crippen molar-refractivity contribution in [3.8, 4) is 11.1 Å². The second-order valence-electron chi connectivity index (χ2n) is 9.55. The number of hydrogen-bond acceptors (Lipinski definition) is 5. The van der Waals surface area contributed by atoms with E-state index in [1.54, 1.807) is 11.8 Å². The summed E-state index contributed by atoms with van der Waals surface area (Å²) in [5.74, 6) is 0.207. The fraction of sp³-hybridized carbons (Fsp3) is 0.333. The molecule has 0 N–H and O–H groups in total. The van der Waals surface area contributed by atoms with Crippen LogP contribution < -0.4 is 0 Å². The molecular weight excluding hydrogens is 484 g/mol. The van der Waals surface area contributed by atoms with Gasteiger partial charge in [0.15, 0.2) is 5.78 Å². The lowest BCUT2D eigenvalue weighted by atomic mass is 10.0. The van der Waals surface area contributed by atoms with Crippen LogP contribution in [0.4, 0.5) is 0 Å². The lowest BCUT2D eigenvalue weighted by molar-refractivity contribution is 0.0633. The highest BCUT2D eigenvalue weighted by atomic mass is 35.5. The van der Waals surface area contributed by atoms with Gasteiger partial charge in [0.25, 0.3) is 5.91 Å². The van der Waals surface area contributed by atoms with Crippen molar-refractivity contribution in [2.75, 3.05) is 26.2 Å². The second-order valence-corrected chi connectivity index (χ2v) is 13.0. The number of Topliss-reactive ketones (excluding diaryl/α,β-unsaturated/α-hetero) is 1. The molecule has 1 saturated heterocycles. The minimum Gasteiger partial charge on any atom is -0.335 e. The van der Waals surface area contributed by atoms with E-state index in [4.69, 9.17) is 11.6 Å². The third kappa shape index (κ3) is 5.10. The maximum Gasteiger partial charge on any atom is 0.264 e. The molecule has 0 aliphatic carbocycles. The average molecular weight is 511 g/mol. The first-order chi connectivity index (χ1) is 16.3. The third-order valence-electron chi connectivity index (χ3n) is 6.36. The van der Waals surface area contributed by atoms with Gasteiger partial charge in [-0.05, 0) is 48.7 Å². The van der Waals surface area contributed by atoms with Gasteiger partial charge in [-0.15, -0.1) is 23.1 Å². The molecule has 34 heavy (non-hydrogen) atoms. The van der Waals surface area contributed by atoms with Crippen LogP contribution >= 0.6 is 34.7 Å². The van der Waals surface area contributed by atoms with Gasteiger partial charge in [-0.1, -0.05) is 48.0 Å². The number of carbonyl (C=O) groups excluding carboxylic acids is 2. The zero-order valence-electron chi connectivity index (χ0n) is 19.3. The summed E-state index contributed by atoms with van der Waals surface area (Å²) in [6, 6.07) is 18.4. The van der Waals surface area contributed by atoms with Crippen molar-refractivity contribution in [3.05, 3.63) is 75.6 Å². The van der Waals surface area contributed by atoms with Crippen molar-refractivity contribution >= 4 is 46.4 Å². The number of fused-ring (bicyclic) bond motifs is 1. The number of rotatable bonds is 4. The lowest BCUT2D eigenvalue weighted by Gasteiger charge is -2.34. The number of ketones is 1. The number of thiophene rings is 1. The molecular formula is C27H27ClN2O2S2. The highest BCUT2D eigenvalue weighted by Crippen LogP contribution is 2.46. The first-order valence-electron chi connectivity index (χ1n) is 11.5. The lowest BCUT2D eigenvalue weighted by Crippen LogP contribution is -2.48. The molecule has 7 heteroatoms. The number of piperazine rings is 1. The van der Waals surface area contributed by atoms with Crippen molar-refractivity contribution in [1.82, 2.24) is 9.80 Å². The first-order valence-corrected chi connectivity index (χ1v) is 13.5. The molecule has 4 nitrogen and oxygen atoms in total. The van der Waals surface area contributed by atoms with E-state index in [1.165, 1.54) is 22.5 Å². The molecule has 176 valence electrons. The van der Waals surface area contributed by atoms with E-state index < -0.39 is 0 Å². The number of amides is 1. The summed E-state index contributed by atoms with van der Waals surface area (Å²) in [6.45, 7) is 8.14. The van der Waals surface area contributed by atoms with E-state index in [0.717, 1.165) is 40.0 Å². The first kappa shape index (κ1) is 23.6. The largest absolute Gasteiger partial charge is 0.335 e. The van der Waals surface area contributed by atoms with Gasteiger partial charge in [-0.3, -0.25) is 14.5 Å². The summed E-state index contributed by atoms with van der Waals surface area (Å²) in [4.78, 5) is 30.6. The second kappa shape index (κ2) is 9.50. The predicted molar refractivity (Wildman–Crippen MR) is 141 cm³/mol. The fourth-order valence-electron chi connectivity index (χ4n) is 4.49. The Hall–Kier alpha value is -2.12. The SMILES string of the molecule is CC1(C)CC(=O)c2cc(C(=O)N3CCN(Cc4ccc(-c5ccc(Cl)cc5)cc4)CC3)sc2S1. The van der Waals surface area contributed by atoms with Crippen LogP contribution in [0.25, 0.3) is 11.1 Å². The molecule has 2 aromatic carbocycles. The van der Waals surface area contributed by atoms with E-state index in [-0.39, 0.29) is 16.4 Å². The minimum atomic E-state index is -0.103. The van der Waals surface area contributed by atoms with Gasteiger partial charge < -0.3 is 4.90 Å². The number of thioether (sulfide) groups is 1. The highest BCUT2D eigenvalue weighted by Gasteiger charge is 2.35. The van der Waals surface area contributed by atoms with Gasteiger partial charge in [-0.25, -0.2) is 0 Å². The van der Waals surface area contributed by atoms with Crippen LogP contribution in [0.5, 0.6) is 0 Å². The molecule has 0 spiro atoms. The van der Waals surface area contributed by atoms with Crippen molar-refractivity contribution in [3.63, 3.8) is 0 Å². The smallest absolute Gasteiger partial charge is 0.264 e. The molecule has 2 aliphatic heterocycles. The van der Waals surface area contributed by atoms with E-state index in [9.17, 15) is 9.59 Å². The number of benzene rings is 2. The third-order valence-corrected chi connectivity index (χ3v) is 9.13. The molecule has 2 aliphatic rings. The number of carbonyl (C=O) groups is 2. The van der Waals surface area contributed by atoms with Crippen LogP contribution in [0.1, 0.15) is 45.9 Å². The summed E-state index contributed by atoms with van der Waals surface area (Å²) in [7, 11) is 0. The van der Waals surface area contributed by atoms with Crippen LogP contribution in [0.3, 0.4) is 0 Å². The molecule has 5 rings (SSSR count). The van der Waals surface area contributed by atoms with Crippen LogP contribution in [-0.2, 0) is 6.54 Å². The standard InChI is InChI=1S/C27H27ClN2O2S2/c1-27(2)16-23(31)22-15-24(33-26(22)34-27)25(32)30-13-11-29(12-14-30)17-18-3-5-19(6-4-18)20-7-9-21(28)10-8-20/h3-10,15H,11-14,16-17H2,1-2H3. The number of hydrogen-bond donors (Lipinski definition) is 0. The predicted octanol–water partition coefficient (Wildman–Crippen LogP) is 6.48. The number of nitrogens with zero attached hydrogens (tertiary/aromatic N) is 2. The summed E-state index contributed by atoms with van der Waals surface area (Å²) in [5.41, 5.74) is 4.33. The normalized spacial score (nSPS) is 18.1. The maximum atomic E-state index is 13.1. The quantitative estimate of drug-likeness (QED) is 0.402. The molecule has 1 aromatic heterocycles. The summed E-state index contributed by atoms with van der Waals surface area (Å²) in [5, 5.41) is 0.744. The van der Waals surface area contributed by atoms with Crippen molar-refractivity contribution in [1.29, 1.82) is 0 Å². The van der Waals surface area contributed by atoms with Crippen molar-refractivity contribution in [2.45, 2.75) is 35.8 Å². The Balaban J connectivity index is 1.17. The van der Waals surface area contributed by atoms with Crippen LogP contribution in [0, 0.1) is 0 Å². The molecule has 1 amide bonds. The molecule has 0 atom stereocenters. The zero-order chi connectivity index (χ0) is 23.9. The Kier molecular flexibility index (Phi) is 6.60. The molecule has 0 bridgehead atoms. The monoisotopic (exact) mass is 510 g/mol. The average Bonchev–Trinajstić information content (AvgIpc) is 3.23. The zero-order valence-corrected chi connectivity index (χ0v) is 21.7. The molecule has 0 radical (unpaired) electrons. The van der Waals surface area contributed by atoms with Gasteiger partial charge in [0, 0.05) is 54.5 Å². The highest BCUT2D eigenvalue weighted by molar-refractivity contribution is 8.02. The van der Waals surface area contributed by atoms with Gasteiger partial charge >= 0.3 is 0 Å². The maximum absolute atomic E-state index is 13.1. The Bertz CT molecular complexity index is 1210. The summed E-state index contributed by atoms with van der Waals surface area (Å²) >= 11 is 9.19. The van der Waals surface area contributed by atoms with Gasteiger partial charge in [0.2, 0.25) is 0 Å². The van der Waals surface area contributed by atoms with E-state index in [1.807, 2.05) is 35.2 Å². The van der Waals surface area contributed by atoms with E-state index in [0.29, 0.717) is 24.4 Å². The Morgan fingerprint density at radius 2 is 1.59 bits per heavy atom. The van der Waals surface area contributed by atoms with Crippen LogP contribution in [-0.4, -0.2) is 52.4 Å². The topological polar surface area (TPSA) is 40.6 Å². The molecule has 1 fully saturated rings. The van der Waals surface area contributed by atoms with Gasteiger partial charge in [0.1, 0.15) is 0 Å². The van der Waals surface area contributed by atoms with E-state index >= 15 is 0 Å². The van der Waals surface area contributed by atoms with Gasteiger partial charge in [-0.2, -0.15) is 0 Å². The van der Waals surface area contributed by atoms with Crippen LogP contribution in [0.15, 0.2) is 58.8 Å². The molecule has 0 unspecified atom stereocenters. The molecule has 0 saturated carbocycles.